The maximum atomic E-state index is 4.87. The smallest absolute Gasteiger partial charge is 0.140 e. The minimum absolute atomic E-state index is 0.689. The van der Waals surface area contributed by atoms with Gasteiger partial charge >= 0.3 is 0 Å². The number of piperidine rings is 1. The molecule has 1 saturated heterocycles. The first-order valence-electron chi connectivity index (χ1n) is 10.6. The summed E-state index contributed by atoms with van der Waals surface area (Å²) in [6, 6.07) is 17.9. The summed E-state index contributed by atoms with van der Waals surface area (Å²) >= 11 is 0. The van der Waals surface area contributed by atoms with Crippen LogP contribution in [0, 0.1) is 0 Å². The molecule has 0 spiro atoms. The molecular weight excluding hydrogens is 358 g/mol. The maximum absolute atomic E-state index is 4.87. The summed E-state index contributed by atoms with van der Waals surface area (Å²) in [7, 11) is 8.67. The van der Waals surface area contributed by atoms with Crippen LogP contribution < -0.4 is 4.90 Å². The lowest BCUT2D eigenvalue weighted by molar-refractivity contribution is 0.190. The van der Waals surface area contributed by atoms with Gasteiger partial charge in [-0.1, -0.05) is 24.3 Å². The second-order valence-corrected chi connectivity index (χ2v) is 8.54. The van der Waals surface area contributed by atoms with Crippen molar-refractivity contribution in [2.75, 3.05) is 52.2 Å². The first-order chi connectivity index (χ1) is 14.0. The first-order valence-corrected chi connectivity index (χ1v) is 10.6. The number of aromatic nitrogens is 2. The first kappa shape index (κ1) is 19.9. The largest absolute Gasteiger partial charge is 0.371 e. The highest BCUT2D eigenvalue weighted by Crippen LogP contribution is 2.29. The lowest BCUT2D eigenvalue weighted by Crippen LogP contribution is -2.45. The number of fused-ring (bicyclic) bond motifs is 1. The molecule has 0 aliphatic carbocycles. The molecule has 1 aliphatic rings. The Kier molecular flexibility index (Phi) is 5.88. The van der Waals surface area contributed by atoms with Crippen LogP contribution >= 0.6 is 0 Å². The Morgan fingerprint density at radius 1 is 0.966 bits per heavy atom. The lowest BCUT2D eigenvalue weighted by atomic mass is 10.0. The van der Waals surface area contributed by atoms with E-state index >= 15 is 0 Å². The Labute approximate surface area is 174 Å². The molecular formula is C24H33N5. The van der Waals surface area contributed by atoms with Crippen molar-refractivity contribution in [3.8, 4) is 11.4 Å². The van der Waals surface area contributed by atoms with Crippen molar-refractivity contribution in [2.24, 2.45) is 7.05 Å². The second kappa shape index (κ2) is 8.56. The van der Waals surface area contributed by atoms with Gasteiger partial charge in [-0.15, -0.1) is 0 Å². The predicted octanol–water partition coefficient (Wildman–Crippen LogP) is 3.70. The van der Waals surface area contributed by atoms with Gasteiger partial charge in [-0.25, -0.2) is 4.98 Å². The molecule has 5 nitrogen and oxygen atoms in total. The van der Waals surface area contributed by atoms with E-state index in [0.717, 1.165) is 37.5 Å². The summed E-state index contributed by atoms with van der Waals surface area (Å²) in [4.78, 5) is 12.2. The Morgan fingerprint density at radius 2 is 1.72 bits per heavy atom. The molecule has 0 amide bonds. The average Bonchev–Trinajstić information content (AvgIpc) is 3.09. The number of hydrogen-bond acceptors (Lipinski definition) is 4. The van der Waals surface area contributed by atoms with Crippen LogP contribution in [-0.4, -0.2) is 72.7 Å². The van der Waals surface area contributed by atoms with Gasteiger partial charge in [0, 0.05) is 50.5 Å². The van der Waals surface area contributed by atoms with Crippen molar-refractivity contribution in [1.29, 1.82) is 0 Å². The van der Waals surface area contributed by atoms with Crippen molar-refractivity contribution >= 4 is 16.7 Å². The van der Waals surface area contributed by atoms with E-state index in [1.165, 1.54) is 29.6 Å². The van der Waals surface area contributed by atoms with Gasteiger partial charge in [0.1, 0.15) is 5.82 Å². The van der Waals surface area contributed by atoms with E-state index in [1.807, 2.05) is 0 Å². The third-order valence-corrected chi connectivity index (χ3v) is 6.24. The molecule has 2 heterocycles. The van der Waals surface area contributed by atoms with Crippen LogP contribution in [0.15, 0.2) is 48.5 Å². The van der Waals surface area contributed by atoms with Gasteiger partial charge in [0.05, 0.1) is 11.0 Å². The molecule has 154 valence electrons. The summed E-state index contributed by atoms with van der Waals surface area (Å²) in [6.07, 6.45) is 2.45. The fourth-order valence-corrected chi connectivity index (χ4v) is 4.35. The number of aryl methyl sites for hydroxylation is 1. The molecule has 5 heteroatoms. The summed E-state index contributed by atoms with van der Waals surface area (Å²) in [5, 5.41) is 0. The molecule has 29 heavy (non-hydrogen) atoms. The van der Waals surface area contributed by atoms with Gasteiger partial charge < -0.3 is 19.3 Å². The van der Waals surface area contributed by atoms with Crippen LogP contribution in [0.25, 0.3) is 22.4 Å². The molecule has 1 fully saturated rings. The highest BCUT2D eigenvalue weighted by Gasteiger charge is 2.23. The standard InChI is InChI=1S/C24H33N5/c1-26(2)16-17-27(3)20-12-14-29(15-13-20)21-9-7-8-19(18-21)24-25-22-10-5-6-11-23(22)28(24)4/h5-11,18,20H,12-17H2,1-4H3. The fourth-order valence-electron chi connectivity index (χ4n) is 4.35. The zero-order valence-electron chi connectivity index (χ0n) is 18.2. The van der Waals surface area contributed by atoms with E-state index in [0.29, 0.717) is 6.04 Å². The van der Waals surface area contributed by atoms with Gasteiger partial charge in [0.25, 0.3) is 0 Å². The molecule has 0 unspecified atom stereocenters. The normalized spacial score (nSPS) is 15.7. The topological polar surface area (TPSA) is 27.5 Å². The van der Waals surface area contributed by atoms with E-state index in [4.69, 9.17) is 4.98 Å². The summed E-state index contributed by atoms with van der Waals surface area (Å²) < 4.78 is 2.19. The summed E-state index contributed by atoms with van der Waals surface area (Å²) in [5.41, 5.74) is 4.72. The molecule has 3 aromatic rings. The number of anilines is 1. The molecule has 0 N–H and O–H groups in total. The number of likely N-dealkylation sites (N-methyl/N-ethyl adjacent to an activating group) is 2. The van der Waals surface area contributed by atoms with Gasteiger partial charge in [-0.3, -0.25) is 0 Å². The van der Waals surface area contributed by atoms with Crippen molar-refractivity contribution in [2.45, 2.75) is 18.9 Å². The molecule has 0 bridgehead atoms. The van der Waals surface area contributed by atoms with Gasteiger partial charge in [0.15, 0.2) is 0 Å². The minimum Gasteiger partial charge on any atom is -0.371 e. The van der Waals surface area contributed by atoms with Crippen LogP contribution in [0.3, 0.4) is 0 Å². The molecule has 1 aromatic heterocycles. The van der Waals surface area contributed by atoms with E-state index < -0.39 is 0 Å². The van der Waals surface area contributed by atoms with Crippen molar-refractivity contribution in [3.63, 3.8) is 0 Å². The highest BCUT2D eigenvalue weighted by atomic mass is 15.2. The number of para-hydroxylation sites is 2. The van der Waals surface area contributed by atoms with Gasteiger partial charge in [0.2, 0.25) is 0 Å². The van der Waals surface area contributed by atoms with Gasteiger partial charge in [-0.2, -0.15) is 0 Å². The Morgan fingerprint density at radius 3 is 2.45 bits per heavy atom. The highest BCUT2D eigenvalue weighted by molar-refractivity contribution is 5.81. The summed E-state index contributed by atoms with van der Waals surface area (Å²) in [6.45, 7) is 4.49. The predicted molar refractivity (Wildman–Crippen MR) is 123 cm³/mol. The quantitative estimate of drug-likeness (QED) is 0.640. The third-order valence-electron chi connectivity index (χ3n) is 6.24. The Hall–Kier alpha value is -2.37. The Bertz CT molecular complexity index is 953. The monoisotopic (exact) mass is 391 g/mol. The van der Waals surface area contributed by atoms with Crippen molar-refractivity contribution in [3.05, 3.63) is 48.5 Å². The third kappa shape index (κ3) is 4.31. The van der Waals surface area contributed by atoms with Crippen LogP contribution in [-0.2, 0) is 7.05 Å². The van der Waals surface area contributed by atoms with Crippen LogP contribution in [0.1, 0.15) is 12.8 Å². The second-order valence-electron chi connectivity index (χ2n) is 8.54. The SMILES string of the molecule is CN(C)CCN(C)C1CCN(c2cccc(-c3nc4ccccc4n3C)c2)CC1. The van der Waals surface area contributed by atoms with Crippen LogP contribution in [0.2, 0.25) is 0 Å². The number of hydrogen-bond donors (Lipinski definition) is 0. The fraction of sp³-hybridized carbons (Fsp3) is 0.458. The summed E-state index contributed by atoms with van der Waals surface area (Å²) in [5.74, 6) is 1.03. The zero-order valence-corrected chi connectivity index (χ0v) is 18.2. The van der Waals surface area contributed by atoms with Gasteiger partial charge in [-0.05, 0) is 58.3 Å². The zero-order chi connectivity index (χ0) is 20.4. The average molecular weight is 392 g/mol. The lowest BCUT2D eigenvalue weighted by Gasteiger charge is -2.38. The van der Waals surface area contributed by atoms with E-state index in [2.05, 4.69) is 96.0 Å². The maximum Gasteiger partial charge on any atom is 0.140 e. The van der Waals surface area contributed by atoms with E-state index in [1.54, 1.807) is 0 Å². The van der Waals surface area contributed by atoms with Crippen molar-refractivity contribution < 1.29 is 0 Å². The number of benzene rings is 2. The molecule has 0 radical (unpaired) electrons. The van der Waals surface area contributed by atoms with Crippen molar-refractivity contribution in [1.82, 2.24) is 19.4 Å². The molecule has 0 atom stereocenters. The number of rotatable bonds is 6. The van der Waals surface area contributed by atoms with E-state index in [-0.39, 0.29) is 0 Å². The van der Waals surface area contributed by atoms with Crippen LogP contribution in [0.5, 0.6) is 0 Å². The van der Waals surface area contributed by atoms with Crippen LogP contribution in [0.4, 0.5) is 5.69 Å². The molecule has 4 rings (SSSR count). The molecule has 2 aromatic carbocycles. The molecule has 0 saturated carbocycles. The molecule has 1 aliphatic heterocycles. The number of imidazole rings is 1. The number of nitrogens with zero attached hydrogens (tertiary/aromatic N) is 5. The Balaban J connectivity index is 1.46. The van der Waals surface area contributed by atoms with E-state index in [9.17, 15) is 0 Å². The minimum atomic E-state index is 0.689.